The van der Waals surface area contributed by atoms with Crippen molar-refractivity contribution in [3.05, 3.63) is 29.8 Å². The number of nitrogens with two attached hydrogens (primary N) is 1. The Kier molecular flexibility index (Phi) is 5.65. The number of nitrogens with zero attached hydrogens (tertiary/aromatic N) is 1. The molecule has 0 spiro atoms. The molecule has 4 heteroatoms. The highest BCUT2D eigenvalue weighted by Gasteiger charge is 2.15. The van der Waals surface area contributed by atoms with Gasteiger partial charge in [-0.1, -0.05) is 13.8 Å². The van der Waals surface area contributed by atoms with Crippen LogP contribution in [0.15, 0.2) is 24.3 Å². The van der Waals surface area contributed by atoms with Crippen LogP contribution in [0.4, 0.5) is 5.69 Å². The third-order valence-corrected chi connectivity index (χ3v) is 3.23. The minimum absolute atomic E-state index is 0.0813. The Morgan fingerprint density at radius 1 is 1.28 bits per heavy atom. The van der Waals surface area contributed by atoms with E-state index in [0.717, 1.165) is 24.1 Å². The molecule has 18 heavy (non-hydrogen) atoms. The Hall–Kier alpha value is -1.55. The Morgan fingerprint density at radius 3 is 2.22 bits per heavy atom. The van der Waals surface area contributed by atoms with Crippen molar-refractivity contribution in [2.24, 2.45) is 5.73 Å². The van der Waals surface area contributed by atoms with E-state index < -0.39 is 0 Å². The number of anilines is 1. The van der Waals surface area contributed by atoms with Gasteiger partial charge in [0.2, 0.25) is 0 Å². The van der Waals surface area contributed by atoms with Gasteiger partial charge in [0.25, 0.3) is 0 Å². The molecule has 4 N–H and O–H groups in total. The van der Waals surface area contributed by atoms with E-state index >= 15 is 0 Å². The van der Waals surface area contributed by atoms with E-state index in [9.17, 15) is 5.11 Å². The summed E-state index contributed by atoms with van der Waals surface area (Å²) in [7, 11) is 0. The van der Waals surface area contributed by atoms with E-state index in [0.29, 0.717) is 12.6 Å². The lowest BCUT2D eigenvalue weighted by Crippen LogP contribution is -2.36. The van der Waals surface area contributed by atoms with Crippen LogP contribution in [0.5, 0.6) is 0 Å². The van der Waals surface area contributed by atoms with Crippen LogP contribution in [0, 0.1) is 5.41 Å². The predicted molar refractivity (Wildman–Crippen MR) is 76.3 cm³/mol. The Morgan fingerprint density at radius 2 is 1.83 bits per heavy atom. The van der Waals surface area contributed by atoms with Crippen LogP contribution in [-0.4, -0.2) is 30.1 Å². The van der Waals surface area contributed by atoms with Crippen molar-refractivity contribution in [3.63, 3.8) is 0 Å². The highest BCUT2D eigenvalue weighted by atomic mass is 16.3. The van der Waals surface area contributed by atoms with Crippen molar-refractivity contribution in [1.82, 2.24) is 0 Å². The summed E-state index contributed by atoms with van der Waals surface area (Å²) >= 11 is 0. The topological polar surface area (TPSA) is 73.3 Å². The number of nitrogen functional groups attached to an aromatic ring is 1. The van der Waals surface area contributed by atoms with Gasteiger partial charge in [-0.3, -0.25) is 5.41 Å². The van der Waals surface area contributed by atoms with Crippen molar-refractivity contribution in [3.8, 4) is 0 Å². The molecule has 0 bridgehead atoms. The molecule has 0 heterocycles. The van der Waals surface area contributed by atoms with Crippen LogP contribution in [0.2, 0.25) is 0 Å². The second kappa shape index (κ2) is 7.01. The molecular formula is C14H23N3O. The van der Waals surface area contributed by atoms with Gasteiger partial charge in [-0.15, -0.1) is 0 Å². The van der Waals surface area contributed by atoms with Crippen molar-refractivity contribution in [1.29, 1.82) is 5.41 Å². The van der Waals surface area contributed by atoms with Crippen molar-refractivity contribution >= 4 is 11.5 Å². The Balaban J connectivity index is 2.94. The monoisotopic (exact) mass is 249 g/mol. The summed E-state index contributed by atoms with van der Waals surface area (Å²) in [5.74, 6) is 0.0813. The van der Waals surface area contributed by atoms with Gasteiger partial charge in [-0.05, 0) is 37.1 Å². The smallest absolute Gasteiger partial charge is 0.122 e. The molecule has 100 valence electrons. The standard InChI is InChI=1S/C14H23N3O/c1-3-12(4-2)17(9-10-18)13-7-5-11(6-8-13)14(15)16/h5-8,12,18H,3-4,9-10H2,1-2H3,(H3,15,16). The van der Waals surface area contributed by atoms with Crippen molar-refractivity contribution < 1.29 is 5.11 Å². The minimum atomic E-state index is 0.0813. The van der Waals surface area contributed by atoms with E-state index in [2.05, 4.69) is 18.7 Å². The maximum atomic E-state index is 9.18. The van der Waals surface area contributed by atoms with Gasteiger partial charge in [0.1, 0.15) is 5.84 Å². The van der Waals surface area contributed by atoms with E-state index in [1.165, 1.54) is 0 Å². The molecule has 1 aromatic carbocycles. The summed E-state index contributed by atoms with van der Waals surface area (Å²) in [4.78, 5) is 2.21. The molecule has 4 nitrogen and oxygen atoms in total. The van der Waals surface area contributed by atoms with Gasteiger partial charge in [0.15, 0.2) is 0 Å². The zero-order valence-corrected chi connectivity index (χ0v) is 11.2. The maximum Gasteiger partial charge on any atom is 0.122 e. The molecule has 0 fully saturated rings. The van der Waals surface area contributed by atoms with Gasteiger partial charge in [-0.2, -0.15) is 0 Å². The highest BCUT2D eigenvalue weighted by Crippen LogP contribution is 2.20. The molecule has 1 aromatic rings. The first-order valence-electron chi connectivity index (χ1n) is 6.46. The van der Waals surface area contributed by atoms with Crippen LogP contribution >= 0.6 is 0 Å². The second-order valence-electron chi connectivity index (χ2n) is 4.35. The van der Waals surface area contributed by atoms with Crippen LogP contribution in [0.1, 0.15) is 32.3 Å². The van der Waals surface area contributed by atoms with Gasteiger partial charge >= 0.3 is 0 Å². The summed E-state index contributed by atoms with van der Waals surface area (Å²) in [6.07, 6.45) is 2.09. The van der Waals surface area contributed by atoms with Gasteiger partial charge in [-0.25, -0.2) is 0 Å². The molecule has 0 amide bonds. The predicted octanol–water partition coefficient (Wildman–Crippen LogP) is 1.96. The molecule has 0 saturated carbocycles. The average molecular weight is 249 g/mol. The highest BCUT2D eigenvalue weighted by molar-refractivity contribution is 5.95. The molecule has 0 radical (unpaired) electrons. The van der Waals surface area contributed by atoms with E-state index in [1.54, 1.807) is 0 Å². The lowest BCUT2D eigenvalue weighted by molar-refractivity contribution is 0.296. The van der Waals surface area contributed by atoms with Gasteiger partial charge in [0, 0.05) is 23.8 Å². The molecular weight excluding hydrogens is 226 g/mol. The number of aliphatic hydroxyl groups excluding tert-OH is 1. The first-order chi connectivity index (χ1) is 8.63. The van der Waals surface area contributed by atoms with E-state index in [4.69, 9.17) is 11.1 Å². The third kappa shape index (κ3) is 3.47. The number of rotatable bonds is 7. The zero-order chi connectivity index (χ0) is 13.5. The van der Waals surface area contributed by atoms with Crippen LogP contribution < -0.4 is 10.6 Å². The van der Waals surface area contributed by atoms with Gasteiger partial charge in [0.05, 0.1) is 6.61 Å². The zero-order valence-electron chi connectivity index (χ0n) is 11.2. The number of benzene rings is 1. The maximum absolute atomic E-state index is 9.18. The SMILES string of the molecule is CCC(CC)N(CCO)c1ccc(C(=N)N)cc1. The Bertz CT molecular complexity index is 371. The molecule has 0 aliphatic heterocycles. The number of nitrogens with one attached hydrogen (secondary N) is 1. The lowest BCUT2D eigenvalue weighted by Gasteiger charge is -2.32. The lowest BCUT2D eigenvalue weighted by atomic mass is 10.1. The summed E-state index contributed by atoms with van der Waals surface area (Å²) in [6.45, 7) is 5.09. The van der Waals surface area contributed by atoms with E-state index in [1.807, 2.05) is 24.3 Å². The largest absolute Gasteiger partial charge is 0.395 e. The Labute approximate surface area is 109 Å². The fourth-order valence-corrected chi connectivity index (χ4v) is 2.19. The number of hydrogen-bond acceptors (Lipinski definition) is 3. The van der Waals surface area contributed by atoms with Crippen LogP contribution in [-0.2, 0) is 0 Å². The molecule has 1 rings (SSSR count). The summed E-state index contributed by atoms with van der Waals surface area (Å²) < 4.78 is 0. The molecule has 0 unspecified atom stereocenters. The summed E-state index contributed by atoms with van der Waals surface area (Å²) in [5.41, 5.74) is 7.24. The molecule has 0 saturated heterocycles. The minimum Gasteiger partial charge on any atom is -0.395 e. The molecule has 0 aromatic heterocycles. The third-order valence-electron chi connectivity index (χ3n) is 3.23. The van der Waals surface area contributed by atoms with Crippen molar-refractivity contribution in [2.45, 2.75) is 32.7 Å². The van der Waals surface area contributed by atoms with Crippen LogP contribution in [0.3, 0.4) is 0 Å². The quantitative estimate of drug-likeness (QED) is 0.511. The number of hydrogen-bond donors (Lipinski definition) is 3. The number of amidine groups is 1. The average Bonchev–Trinajstić information content (AvgIpc) is 2.39. The molecule has 0 aliphatic carbocycles. The van der Waals surface area contributed by atoms with Crippen molar-refractivity contribution in [2.75, 3.05) is 18.1 Å². The normalized spacial score (nSPS) is 10.7. The second-order valence-corrected chi connectivity index (χ2v) is 4.35. The number of aliphatic hydroxyl groups is 1. The van der Waals surface area contributed by atoms with E-state index in [-0.39, 0.29) is 12.4 Å². The van der Waals surface area contributed by atoms with Crippen LogP contribution in [0.25, 0.3) is 0 Å². The van der Waals surface area contributed by atoms with Gasteiger partial charge < -0.3 is 15.7 Å². The fourth-order valence-electron chi connectivity index (χ4n) is 2.19. The summed E-state index contributed by atoms with van der Waals surface area (Å²) in [5, 5.41) is 16.6. The summed E-state index contributed by atoms with van der Waals surface area (Å²) in [6, 6.07) is 8.06. The fraction of sp³-hybridized carbons (Fsp3) is 0.500. The molecule has 0 aliphatic rings. The first-order valence-corrected chi connectivity index (χ1v) is 6.46. The molecule has 0 atom stereocenters. The first kappa shape index (κ1) is 14.5.